The predicted molar refractivity (Wildman–Crippen MR) is 372 cm³/mol. The number of ether oxygens (including phenoxy) is 8. The van der Waals surface area contributed by atoms with Gasteiger partial charge in [-0.1, -0.05) is 35.4 Å². The highest BCUT2D eigenvalue weighted by atomic mass is 16.5. The lowest BCUT2D eigenvalue weighted by Crippen LogP contribution is -2.02. The fourth-order valence-electron chi connectivity index (χ4n) is 12.4. The van der Waals surface area contributed by atoms with Gasteiger partial charge >= 0.3 is 23.9 Å². The van der Waals surface area contributed by atoms with Crippen LogP contribution in [0.25, 0.3) is 90.9 Å². The Morgan fingerprint density at radius 2 is 0.520 bits per heavy atom. The van der Waals surface area contributed by atoms with Crippen molar-refractivity contribution in [3.8, 4) is 91.0 Å². The van der Waals surface area contributed by atoms with Crippen LogP contribution in [0.1, 0.15) is 97.6 Å². The predicted octanol–water partition coefficient (Wildman–Crippen LogP) is 17.1. The summed E-state index contributed by atoms with van der Waals surface area (Å²) < 4.78 is 47.2. The highest BCUT2D eigenvalue weighted by Gasteiger charge is 2.29. The zero-order valence-electron chi connectivity index (χ0n) is 54.9. The Balaban J connectivity index is 1.16. The van der Waals surface area contributed by atoms with Crippen LogP contribution in [0.4, 0.5) is 0 Å². The third-order valence-electron chi connectivity index (χ3n) is 16.6. The minimum atomic E-state index is -0.523. The number of H-pyrrole nitrogens is 2. The van der Waals surface area contributed by atoms with Crippen molar-refractivity contribution >= 4 is 70.2 Å². The van der Waals surface area contributed by atoms with E-state index in [0.717, 1.165) is 55.6 Å². The second kappa shape index (κ2) is 26.9. The summed E-state index contributed by atoms with van der Waals surface area (Å²) >= 11 is 0. The third-order valence-corrected chi connectivity index (χ3v) is 16.6. The van der Waals surface area contributed by atoms with Gasteiger partial charge in [0, 0.05) is 44.3 Å². The molecule has 0 spiro atoms. The lowest BCUT2D eigenvalue weighted by molar-refractivity contribution is 0.0592. The van der Waals surface area contributed by atoms with E-state index in [0.29, 0.717) is 101 Å². The average molecular weight is 1300 g/mol. The Bertz CT molecular complexity index is 4750. The minimum absolute atomic E-state index is 0.0633. The Labute approximate surface area is 562 Å². The van der Waals surface area contributed by atoms with Gasteiger partial charge < -0.3 is 47.9 Å². The van der Waals surface area contributed by atoms with Gasteiger partial charge in [-0.25, -0.2) is 49.1 Å². The molecule has 20 nitrogen and oxygen atoms in total. The van der Waals surface area contributed by atoms with Crippen LogP contribution in [0.2, 0.25) is 0 Å². The van der Waals surface area contributed by atoms with Crippen LogP contribution in [0.15, 0.2) is 158 Å². The van der Waals surface area contributed by atoms with Gasteiger partial charge in [0.15, 0.2) is 0 Å². The van der Waals surface area contributed by atoms with Crippen molar-refractivity contribution in [2.45, 2.75) is 41.5 Å². The molecule has 0 amide bonds. The molecule has 2 aliphatic rings. The van der Waals surface area contributed by atoms with E-state index in [1.165, 1.54) is 41.1 Å². The number of esters is 4. The molecule has 0 radical (unpaired) electrons. The SMILES string of the molecule is COC(=O)c1ccc(Oc2ncnc(Oc3ccc(C(=O)OC)cc3)c2-c2c3nc(c(-c4c(C)cc(C)cc4C)c4ccc([nH]4)c(-c4c(Oc5ccc(C(=O)OC)cc5)ncnc4Oc4ccc(C(=O)OC)cc4)c4nc(c(-c5c(C)cc(C)cc5C)c5ccc2[nH]5)C=C4)C=C3)cc1. The third kappa shape index (κ3) is 12.6. The molecule has 8 bridgehead atoms. The van der Waals surface area contributed by atoms with Crippen molar-refractivity contribution in [3.63, 3.8) is 0 Å². The van der Waals surface area contributed by atoms with E-state index in [4.69, 9.17) is 67.8 Å². The zero-order valence-corrected chi connectivity index (χ0v) is 54.9. The van der Waals surface area contributed by atoms with E-state index < -0.39 is 23.9 Å². The number of hydrogen-bond acceptors (Lipinski definition) is 18. The monoisotopic (exact) mass is 1300 g/mol. The number of nitrogens with zero attached hydrogens (tertiary/aromatic N) is 6. The van der Waals surface area contributed by atoms with E-state index in [1.807, 2.05) is 48.6 Å². The van der Waals surface area contributed by atoms with Crippen LogP contribution in [0.3, 0.4) is 0 Å². The van der Waals surface area contributed by atoms with Gasteiger partial charge in [-0.2, -0.15) is 0 Å². The van der Waals surface area contributed by atoms with E-state index in [-0.39, 0.29) is 34.6 Å². The van der Waals surface area contributed by atoms with E-state index in [2.05, 4.69) is 75.8 Å². The molecule has 2 aliphatic heterocycles. The molecule has 486 valence electrons. The molecule has 0 unspecified atom stereocenters. The lowest BCUT2D eigenvalue weighted by Gasteiger charge is -2.16. The van der Waals surface area contributed by atoms with Gasteiger partial charge in [-0.15, -0.1) is 0 Å². The molecule has 98 heavy (non-hydrogen) atoms. The summed E-state index contributed by atoms with van der Waals surface area (Å²) in [7, 11) is 5.26. The van der Waals surface area contributed by atoms with E-state index in [9.17, 15) is 19.2 Å². The summed E-state index contributed by atoms with van der Waals surface area (Å²) in [5.74, 6) is -0.542. The molecule has 20 heteroatoms. The summed E-state index contributed by atoms with van der Waals surface area (Å²) in [6.45, 7) is 12.4. The lowest BCUT2D eigenvalue weighted by atomic mass is 9.92. The van der Waals surface area contributed by atoms with Crippen LogP contribution in [0, 0.1) is 41.5 Å². The number of carbonyl (C=O) groups excluding carboxylic acids is 4. The van der Waals surface area contributed by atoms with Gasteiger partial charge in [-0.05, 0) is 221 Å². The molecule has 0 atom stereocenters. The van der Waals surface area contributed by atoms with Crippen LogP contribution in [0.5, 0.6) is 46.5 Å². The first-order valence-electron chi connectivity index (χ1n) is 31.0. The van der Waals surface area contributed by atoms with Crippen molar-refractivity contribution in [3.05, 3.63) is 237 Å². The van der Waals surface area contributed by atoms with Crippen molar-refractivity contribution in [1.82, 2.24) is 39.9 Å². The molecule has 5 aromatic heterocycles. The maximum absolute atomic E-state index is 12.7. The topological polar surface area (TPSA) is 251 Å². The standard InChI is InChI=1S/C78H62N8O12/c1-41-35-43(3)63(44(4)36-41)65-55-27-31-59(83-55)67(69-71(95-51-19-11-47(12-20-51)75(87)91-7)79-39-80-72(69)96-52-21-13-48(14-22-52)76(88)92-8)61-33-29-57(85-61)66(64-45(5)37-42(2)38-46(64)6)58-30-34-62(86-58)68(60-32-28-56(65)84-60)70-73(97-53-23-15-49(16-24-53)77(89)93-9)81-40-82-74(70)98-54-25-17-50(18-26-54)78(90)94-10/h11-40,83,86H,1-10H3. The molecule has 0 saturated carbocycles. The smallest absolute Gasteiger partial charge is 0.337 e. The number of nitrogens with one attached hydrogen (secondary N) is 2. The Kier molecular flexibility index (Phi) is 17.5. The first-order chi connectivity index (χ1) is 47.5. The summed E-state index contributed by atoms with van der Waals surface area (Å²) in [4.78, 5) is 88.9. The van der Waals surface area contributed by atoms with E-state index >= 15 is 0 Å². The number of fused-ring (bicyclic) bond motifs is 8. The van der Waals surface area contributed by atoms with E-state index in [1.54, 1.807) is 97.1 Å². The number of aromatic nitrogens is 8. The number of hydrogen-bond donors (Lipinski definition) is 2. The number of carbonyl (C=O) groups is 4. The van der Waals surface area contributed by atoms with Gasteiger partial charge in [0.25, 0.3) is 0 Å². The number of benzene rings is 6. The van der Waals surface area contributed by atoms with Crippen molar-refractivity contribution < 1.29 is 57.1 Å². The average Bonchev–Trinajstić information content (AvgIpc) is 1.56. The number of aromatic amines is 2. The number of methoxy groups -OCH3 is 4. The molecular weight excluding hydrogens is 1240 g/mol. The van der Waals surface area contributed by atoms with Crippen molar-refractivity contribution in [1.29, 1.82) is 0 Å². The van der Waals surface area contributed by atoms with Crippen molar-refractivity contribution in [2.75, 3.05) is 28.4 Å². The summed E-state index contributed by atoms with van der Waals surface area (Å²) in [6, 6.07) is 42.3. The number of aryl methyl sites for hydroxylation is 6. The molecule has 6 aromatic carbocycles. The molecule has 0 aliphatic carbocycles. The summed E-state index contributed by atoms with van der Waals surface area (Å²) in [6.07, 6.45) is 10.4. The molecule has 2 N–H and O–H groups in total. The summed E-state index contributed by atoms with van der Waals surface area (Å²) in [5.41, 5.74) is 16.4. The first-order valence-corrected chi connectivity index (χ1v) is 31.0. The zero-order chi connectivity index (χ0) is 68.5. The summed E-state index contributed by atoms with van der Waals surface area (Å²) in [5, 5.41) is 0. The van der Waals surface area contributed by atoms with Gasteiger partial charge in [0.1, 0.15) is 46.8 Å². The molecule has 0 saturated heterocycles. The Hall–Kier alpha value is -12.8. The quantitative estimate of drug-likeness (QED) is 0.0674. The molecule has 0 fully saturated rings. The van der Waals surface area contributed by atoms with Crippen LogP contribution < -0.4 is 18.9 Å². The van der Waals surface area contributed by atoms with Gasteiger partial charge in [0.05, 0.1) is 73.5 Å². The maximum atomic E-state index is 12.7. The van der Waals surface area contributed by atoms with Crippen LogP contribution in [-0.2, 0) is 18.9 Å². The Morgan fingerprint density at radius 3 is 0.745 bits per heavy atom. The van der Waals surface area contributed by atoms with Crippen molar-refractivity contribution in [2.24, 2.45) is 0 Å². The first kappa shape index (κ1) is 63.9. The molecule has 11 aromatic rings. The highest BCUT2D eigenvalue weighted by molar-refractivity contribution is 6.03. The van der Waals surface area contributed by atoms with Gasteiger partial charge in [-0.3, -0.25) is 0 Å². The Morgan fingerprint density at radius 1 is 0.296 bits per heavy atom. The molecule has 13 rings (SSSR count). The molecule has 7 heterocycles. The largest absolute Gasteiger partial charge is 0.465 e. The fourth-order valence-corrected chi connectivity index (χ4v) is 12.4. The van der Waals surface area contributed by atoms with Crippen LogP contribution >= 0.6 is 0 Å². The molecular formula is C78H62N8O12. The second-order valence-electron chi connectivity index (χ2n) is 23.2. The second-order valence-corrected chi connectivity index (χ2v) is 23.2. The normalized spacial score (nSPS) is 11.4. The maximum Gasteiger partial charge on any atom is 0.337 e. The van der Waals surface area contributed by atoms with Gasteiger partial charge in [0.2, 0.25) is 23.5 Å². The number of rotatable bonds is 16. The highest BCUT2D eigenvalue weighted by Crippen LogP contribution is 2.48. The fraction of sp³-hybridized carbons (Fsp3) is 0.128. The van der Waals surface area contributed by atoms with Crippen LogP contribution in [-0.4, -0.2) is 92.2 Å². The minimum Gasteiger partial charge on any atom is -0.465 e.